The molecule has 7 nitrogen and oxygen atoms in total. The Labute approximate surface area is 184 Å². The molecule has 3 rings (SSSR count). The van der Waals surface area contributed by atoms with Crippen LogP contribution in [0.4, 0.5) is 4.79 Å². The van der Waals surface area contributed by atoms with Gasteiger partial charge in [-0.1, -0.05) is 6.07 Å². The lowest BCUT2D eigenvalue weighted by Gasteiger charge is -2.17. The molecule has 2 fully saturated rings. The molecule has 1 unspecified atom stereocenters. The molecule has 0 aromatic heterocycles. The summed E-state index contributed by atoms with van der Waals surface area (Å²) in [6.45, 7) is 8.26. The first-order chi connectivity index (χ1) is 15.0. The molecular formula is C24H33NO6. The van der Waals surface area contributed by atoms with E-state index in [2.05, 4.69) is 0 Å². The zero-order valence-electron chi connectivity index (χ0n) is 18.7. The van der Waals surface area contributed by atoms with Crippen LogP contribution in [0.2, 0.25) is 0 Å². The summed E-state index contributed by atoms with van der Waals surface area (Å²) in [6.07, 6.45) is 5.80. The maximum atomic E-state index is 11.9. The van der Waals surface area contributed by atoms with E-state index in [-0.39, 0.29) is 24.8 Å². The molecule has 1 atom stereocenters. The predicted octanol–water partition coefficient (Wildman–Crippen LogP) is 3.84. The summed E-state index contributed by atoms with van der Waals surface area (Å²) in [5.74, 6) is 0.973. The number of amides is 1. The van der Waals surface area contributed by atoms with E-state index < -0.39 is 5.97 Å². The summed E-state index contributed by atoms with van der Waals surface area (Å²) in [5, 5.41) is 0. The predicted molar refractivity (Wildman–Crippen MR) is 117 cm³/mol. The van der Waals surface area contributed by atoms with Crippen LogP contribution in [-0.2, 0) is 25.4 Å². The Balaban J connectivity index is 1.62. The van der Waals surface area contributed by atoms with E-state index in [1.165, 1.54) is 18.9 Å². The number of cyclic esters (lactones) is 1. The van der Waals surface area contributed by atoms with Gasteiger partial charge in [0.05, 0.1) is 19.8 Å². The molecule has 170 valence electrons. The Kier molecular flexibility index (Phi) is 8.35. The van der Waals surface area contributed by atoms with Gasteiger partial charge >= 0.3 is 12.1 Å². The fourth-order valence-corrected chi connectivity index (χ4v) is 3.32. The van der Waals surface area contributed by atoms with Crippen molar-refractivity contribution < 1.29 is 28.5 Å². The molecular weight excluding hydrogens is 398 g/mol. The molecule has 2 aliphatic rings. The first kappa shape index (κ1) is 23.1. The van der Waals surface area contributed by atoms with Crippen LogP contribution in [-0.4, -0.2) is 62.1 Å². The molecule has 0 radical (unpaired) electrons. The Morgan fingerprint density at radius 1 is 1.29 bits per heavy atom. The molecule has 1 saturated carbocycles. The molecule has 7 heteroatoms. The number of esters is 1. The van der Waals surface area contributed by atoms with Gasteiger partial charge in [-0.2, -0.15) is 0 Å². The van der Waals surface area contributed by atoms with E-state index in [0.717, 1.165) is 30.1 Å². The highest BCUT2D eigenvalue weighted by Gasteiger charge is 2.33. The average molecular weight is 432 g/mol. The molecule has 1 aromatic carbocycles. The molecule has 1 aliphatic carbocycles. The quantitative estimate of drug-likeness (QED) is 0.284. The number of benzene rings is 1. The van der Waals surface area contributed by atoms with Crippen molar-refractivity contribution in [3.8, 4) is 5.75 Å². The number of ether oxygens (including phenoxy) is 4. The topological polar surface area (TPSA) is 74.3 Å². The minimum Gasteiger partial charge on any atom is -0.489 e. The SMILES string of the molecule is CCOC(=O)/C=C/c1cc(CCOCC2CC2)ccc1OCC1CN(C(C)C)C(=O)O1. The van der Waals surface area contributed by atoms with Crippen molar-refractivity contribution in [3.05, 3.63) is 35.4 Å². The largest absolute Gasteiger partial charge is 0.489 e. The second-order valence-electron chi connectivity index (χ2n) is 8.29. The number of hydrogen-bond acceptors (Lipinski definition) is 6. The van der Waals surface area contributed by atoms with E-state index in [0.29, 0.717) is 25.5 Å². The zero-order chi connectivity index (χ0) is 22.2. The van der Waals surface area contributed by atoms with Crippen molar-refractivity contribution in [1.29, 1.82) is 0 Å². The fourth-order valence-electron chi connectivity index (χ4n) is 3.32. The zero-order valence-corrected chi connectivity index (χ0v) is 18.7. The molecule has 1 aromatic rings. The Morgan fingerprint density at radius 3 is 2.77 bits per heavy atom. The normalized spacial score (nSPS) is 18.6. The monoisotopic (exact) mass is 431 g/mol. The molecule has 1 heterocycles. The second-order valence-corrected chi connectivity index (χ2v) is 8.29. The molecule has 1 amide bonds. The van der Waals surface area contributed by atoms with Crippen LogP contribution in [0.25, 0.3) is 6.08 Å². The molecule has 0 N–H and O–H groups in total. The number of carbonyl (C=O) groups excluding carboxylic acids is 2. The van der Waals surface area contributed by atoms with E-state index in [1.807, 2.05) is 32.0 Å². The van der Waals surface area contributed by atoms with E-state index >= 15 is 0 Å². The van der Waals surface area contributed by atoms with Crippen LogP contribution in [0.3, 0.4) is 0 Å². The third-order valence-corrected chi connectivity index (χ3v) is 5.30. The third kappa shape index (κ3) is 7.28. The standard InChI is InChI=1S/C24H33NO6/c1-4-29-23(26)10-8-20-13-18(11-12-28-15-19-5-6-19)7-9-22(20)30-16-21-14-25(17(2)3)24(27)31-21/h7-10,13,17,19,21H,4-6,11-12,14-16H2,1-3H3/b10-8+. The van der Waals surface area contributed by atoms with E-state index in [1.54, 1.807) is 17.9 Å². The molecule has 1 aliphatic heterocycles. The smallest absolute Gasteiger partial charge is 0.410 e. The highest BCUT2D eigenvalue weighted by molar-refractivity contribution is 5.87. The fraction of sp³-hybridized carbons (Fsp3) is 0.583. The van der Waals surface area contributed by atoms with Crippen LogP contribution < -0.4 is 4.74 Å². The van der Waals surface area contributed by atoms with Gasteiger partial charge in [0.15, 0.2) is 6.10 Å². The van der Waals surface area contributed by atoms with Crippen LogP contribution in [0.15, 0.2) is 24.3 Å². The lowest BCUT2D eigenvalue weighted by molar-refractivity contribution is -0.137. The summed E-state index contributed by atoms with van der Waals surface area (Å²) < 4.78 is 22.1. The number of carbonyl (C=O) groups is 2. The highest BCUT2D eigenvalue weighted by Crippen LogP contribution is 2.29. The number of nitrogens with zero attached hydrogens (tertiary/aromatic N) is 1. The Hall–Kier alpha value is -2.54. The summed E-state index contributed by atoms with van der Waals surface area (Å²) in [4.78, 5) is 25.4. The van der Waals surface area contributed by atoms with Crippen molar-refractivity contribution in [2.45, 2.75) is 52.2 Å². The van der Waals surface area contributed by atoms with Gasteiger partial charge < -0.3 is 23.8 Å². The van der Waals surface area contributed by atoms with Gasteiger partial charge in [-0.3, -0.25) is 0 Å². The van der Waals surface area contributed by atoms with E-state index in [4.69, 9.17) is 18.9 Å². The molecule has 31 heavy (non-hydrogen) atoms. The molecule has 1 saturated heterocycles. The van der Waals surface area contributed by atoms with Gasteiger partial charge in [0, 0.05) is 24.3 Å². The van der Waals surface area contributed by atoms with Crippen molar-refractivity contribution in [1.82, 2.24) is 4.90 Å². The number of rotatable bonds is 12. The Bertz CT molecular complexity index is 786. The Morgan fingerprint density at radius 2 is 2.10 bits per heavy atom. The van der Waals surface area contributed by atoms with Crippen LogP contribution >= 0.6 is 0 Å². The number of hydrogen-bond donors (Lipinski definition) is 0. The minimum absolute atomic E-state index is 0.0852. The van der Waals surface area contributed by atoms with Gasteiger partial charge in [0.2, 0.25) is 0 Å². The summed E-state index contributed by atoms with van der Waals surface area (Å²) in [6, 6.07) is 5.96. The van der Waals surface area contributed by atoms with Crippen molar-refractivity contribution in [3.63, 3.8) is 0 Å². The summed E-state index contributed by atoms with van der Waals surface area (Å²) >= 11 is 0. The molecule has 0 spiro atoms. The molecule has 0 bridgehead atoms. The van der Waals surface area contributed by atoms with Gasteiger partial charge in [-0.15, -0.1) is 0 Å². The maximum Gasteiger partial charge on any atom is 0.410 e. The van der Waals surface area contributed by atoms with Crippen LogP contribution in [0.1, 0.15) is 44.7 Å². The van der Waals surface area contributed by atoms with Gasteiger partial charge in [-0.25, -0.2) is 9.59 Å². The third-order valence-electron chi connectivity index (χ3n) is 5.30. The first-order valence-electron chi connectivity index (χ1n) is 11.1. The lowest BCUT2D eigenvalue weighted by atomic mass is 10.1. The average Bonchev–Trinajstić information content (AvgIpc) is 3.49. The minimum atomic E-state index is -0.399. The van der Waals surface area contributed by atoms with Crippen LogP contribution in [0.5, 0.6) is 5.75 Å². The highest BCUT2D eigenvalue weighted by atomic mass is 16.6. The maximum absolute atomic E-state index is 11.9. The lowest BCUT2D eigenvalue weighted by Crippen LogP contribution is -2.32. The van der Waals surface area contributed by atoms with Crippen molar-refractivity contribution >= 4 is 18.1 Å². The van der Waals surface area contributed by atoms with Crippen molar-refractivity contribution in [2.24, 2.45) is 5.92 Å². The summed E-state index contributed by atoms with van der Waals surface area (Å²) in [7, 11) is 0. The van der Waals surface area contributed by atoms with E-state index in [9.17, 15) is 9.59 Å². The van der Waals surface area contributed by atoms with Crippen LogP contribution in [0, 0.1) is 5.92 Å². The van der Waals surface area contributed by atoms with Gasteiger partial charge in [0.25, 0.3) is 0 Å². The van der Waals surface area contributed by atoms with Gasteiger partial charge in [-0.05, 0) is 69.7 Å². The first-order valence-corrected chi connectivity index (χ1v) is 11.1. The summed E-state index contributed by atoms with van der Waals surface area (Å²) in [5.41, 5.74) is 1.88. The van der Waals surface area contributed by atoms with Crippen molar-refractivity contribution in [2.75, 3.05) is 33.0 Å². The van der Waals surface area contributed by atoms with Gasteiger partial charge in [0.1, 0.15) is 12.4 Å². The second kappa shape index (κ2) is 11.2.